The van der Waals surface area contributed by atoms with Crippen molar-refractivity contribution in [3.05, 3.63) is 23.8 Å². The summed E-state index contributed by atoms with van der Waals surface area (Å²) in [7, 11) is 1.60. The van der Waals surface area contributed by atoms with Crippen LogP contribution in [0.2, 0.25) is 0 Å². The zero-order valence-corrected chi connectivity index (χ0v) is 13.3. The van der Waals surface area contributed by atoms with Crippen LogP contribution in [0.1, 0.15) is 38.8 Å². The van der Waals surface area contributed by atoms with E-state index >= 15 is 0 Å². The van der Waals surface area contributed by atoms with E-state index in [1.54, 1.807) is 7.11 Å². The summed E-state index contributed by atoms with van der Waals surface area (Å²) in [5.41, 5.74) is 0.972. The van der Waals surface area contributed by atoms with Gasteiger partial charge in [-0.1, -0.05) is 6.07 Å². The Balaban J connectivity index is 2.65. The molecule has 1 rings (SSSR count). The number of ether oxygens (including phenoxy) is 3. The zero-order valence-electron chi connectivity index (χ0n) is 13.3. The molecule has 0 aliphatic carbocycles. The number of nitrogens with one attached hydrogen (secondary N) is 1. The number of carbonyl (C=O) groups excluding carboxylic acids is 1. The number of hydrogen-bond donors (Lipinski definition) is 1. The van der Waals surface area contributed by atoms with E-state index in [0.717, 1.165) is 5.56 Å². The van der Waals surface area contributed by atoms with Crippen molar-refractivity contribution in [1.82, 2.24) is 5.32 Å². The average molecular weight is 295 g/mol. The summed E-state index contributed by atoms with van der Waals surface area (Å²) in [5, 5.41) is 2.94. The van der Waals surface area contributed by atoms with Crippen molar-refractivity contribution in [1.29, 1.82) is 0 Å². The maximum Gasteiger partial charge on any atom is 0.222 e. The van der Waals surface area contributed by atoms with Crippen LogP contribution < -0.4 is 14.8 Å². The van der Waals surface area contributed by atoms with E-state index in [1.807, 2.05) is 39.0 Å². The van der Waals surface area contributed by atoms with Crippen molar-refractivity contribution < 1.29 is 19.0 Å². The third-order valence-electron chi connectivity index (χ3n) is 3.04. The van der Waals surface area contributed by atoms with Gasteiger partial charge >= 0.3 is 0 Å². The van der Waals surface area contributed by atoms with Crippen molar-refractivity contribution in [3.63, 3.8) is 0 Å². The highest BCUT2D eigenvalue weighted by atomic mass is 16.5. The monoisotopic (exact) mass is 295 g/mol. The van der Waals surface area contributed by atoms with Gasteiger partial charge in [-0.2, -0.15) is 0 Å². The first-order valence-electron chi connectivity index (χ1n) is 7.30. The molecular weight excluding hydrogens is 270 g/mol. The SMILES string of the molecule is CCOCCC(=O)N[C@@H](C)c1ccc(OCC)c(OC)c1. The number of benzene rings is 1. The summed E-state index contributed by atoms with van der Waals surface area (Å²) in [4.78, 5) is 11.8. The first kappa shape index (κ1) is 17.3. The second-order valence-electron chi connectivity index (χ2n) is 4.58. The lowest BCUT2D eigenvalue weighted by Crippen LogP contribution is -2.27. The van der Waals surface area contributed by atoms with Crippen LogP contribution in [0.5, 0.6) is 11.5 Å². The van der Waals surface area contributed by atoms with E-state index in [9.17, 15) is 4.79 Å². The van der Waals surface area contributed by atoms with Gasteiger partial charge in [-0.05, 0) is 38.5 Å². The summed E-state index contributed by atoms with van der Waals surface area (Å²) in [5.74, 6) is 1.35. The van der Waals surface area contributed by atoms with Crippen molar-refractivity contribution in [2.75, 3.05) is 26.9 Å². The van der Waals surface area contributed by atoms with Crippen molar-refractivity contribution in [2.45, 2.75) is 33.2 Å². The van der Waals surface area contributed by atoms with E-state index in [1.165, 1.54) is 0 Å². The molecule has 1 aromatic carbocycles. The second-order valence-corrected chi connectivity index (χ2v) is 4.58. The quantitative estimate of drug-likeness (QED) is 0.712. The Labute approximate surface area is 126 Å². The molecule has 0 saturated heterocycles. The van der Waals surface area contributed by atoms with Gasteiger partial charge in [0.2, 0.25) is 5.91 Å². The fraction of sp³-hybridized carbons (Fsp3) is 0.562. The van der Waals surface area contributed by atoms with Crippen LogP contribution in [0.25, 0.3) is 0 Å². The molecule has 0 aliphatic heterocycles. The normalized spacial score (nSPS) is 11.8. The van der Waals surface area contributed by atoms with Gasteiger partial charge in [-0.3, -0.25) is 4.79 Å². The molecule has 0 unspecified atom stereocenters. The van der Waals surface area contributed by atoms with Gasteiger partial charge in [-0.15, -0.1) is 0 Å². The minimum atomic E-state index is -0.0938. The molecule has 0 fully saturated rings. The third-order valence-corrected chi connectivity index (χ3v) is 3.04. The predicted molar refractivity (Wildman–Crippen MR) is 81.8 cm³/mol. The Hall–Kier alpha value is -1.75. The highest BCUT2D eigenvalue weighted by Crippen LogP contribution is 2.30. The largest absolute Gasteiger partial charge is 0.493 e. The lowest BCUT2D eigenvalue weighted by molar-refractivity contribution is -0.122. The van der Waals surface area contributed by atoms with Crippen LogP contribution in [0.15, 0.2) is 18.2 Å². The minimum absolute atomic E-state index is 0.0243. The molecule has 0 aromatic heterocycles. The number of methoxy groups -OCH3 is 1. The van der Waals surface area contributed by atoms with Crippen molar-refractivity contribution in [3.8, 4) is 11.5 Å². The van der Waals surface area contributed by atoms with Gasteiger partial charge in [0.05, 0.1) is 26.4 Å². The van der Waals surface area contributed by atoms with Gasteiger partial charge in [0.15, 0.2) is 11.5 Å². The topological polar surface area (TPSA) is 56.8 Å². The van der Waals surface area contributed by atoms with E-state index < -0.39 is 0 Å². The Kier molecular flexibility index (Phi) is 7.61. The number of hydrogen-bond acceptors (Lipinski definition) is 4. The molecule has 1 N–H and O–H groups in total. The smallest absolute Gasteiger partial charge is 0.222 e. The summed E-state index contributed by atoms with van der Waals surface area (Å²) in [6.07, 6.45) is 0.367. The molecule has 0 heterocycles. The third kappa shape index (κ3) is 5.63. The molecule has 1 aromatic rings. The molecule has 0 aliphatic rings. The highest BCUT2D eigenvalue weighted by Gasteiger charge is 2.12. The zero-order chi connectivity index (χ0) is 15.7. The molecule has 0 bridgehead atoms. The van der Waals surface area contributed by atoms with E-state index in [4.69, 9.17) is 14.2 Å². The van der Waals surface area contributed by atoms with Crippen LogP contribution >= 0.6 is 0 Å². The average Bonchev–Trinajstić information content (AvgIpc) is 2.48. The molecule has 1 amide bonds. The fourth-order valence-corrected chi connectivity index (χ4v) is 1.93. The van der Waals surface area contributed by atoms with Crippen LogP contribution in [-0.2, 0) is 9.53 Å². The summed E-state index contributed by atoms with van der Waals surface area (Å²) < 4.78 is 16.0. The first-order valence-corrected chi connectivity index (χ1v) is 7.30. The van der Waals surface area contributed by atoms with Gasteiger partial charge in [-0.25, -0.2) is 0 Å². The van der Waals surface area contributed by atoms with Crippen molar-refractivity contribution >= 4 is 5.91 Å². The van der Waals surface area contributed by atoms with Crippen LogP contribution in [0.3, 0.4) is 0 Å². The molecule has 118 valence electrons. The lowest BCUT2D eigenvalue weighted by Gasteiger charge is -2.17. The van der Waals surface area contributed by atoms with E-state index in [-0.39, 0.29) is 11.9 Å². The van der Waals surface area contributed by atoms with Gasteiger partial charge in [0.1, 0.15) is 0 Å². The maximum absolute atomic E-state index is 11.8. The minimum Gasteiger partial charge on any atom is -0.493 e. The molecule has 5 heteroatoms. The molecule has 1 atom stereocenters. The Morgan fingerprint density at radius 1 is 1.24 bits per heavy atom. The summed E-state index contributed by atoms with van der Waals surface area (Å²) in [6, 6.07) is 5.59. The first-order chi connectivity index (χ1) is 10.1. The van der Waals surface area contributed by atoms with E-state index in [0.29, 0.717) is 37.7 Å². The fourth-order valence-electron chi connectivity index (χ4n) is 1.93. The van der Waals surface area contributed by atoms with Crippen molar-refractivity contribution in [2.24, 2.45) is 0 Å². The van der Waals surface area contributed by atoms with Crippen LogP contribution in [0, 0.1) is 0 Å². The molecular formula is C16H25NO4. The highest BCUT2D eigenvalue weighted by molar-refractivity contribution is 5.76. The van der Waals surface area contributed by atoms with E-state index in [2.05, 4.69) is 5.32 Å². The van der Waals surface area contributed by atoms with Crippen LogP contribution in [0.4, 0.5) is 0 Å². The molecule has 0 saturated carbocycles. The van der Waals surface area contributed by atoms with Crippen LogP contribution in [-0.4, -0.2) is 32.8 Å². The Bertz CT molecular complexity index is 448. The number of carbonyl (C=O) groups is 1. The van der Waals surface area contributed by atoms with Gasteiger partial charge in [0, 0.05) is 13.0 Å². The lowest BCUT2D eigenvalue weighted by atomic mass is 10.1. The summed E-state index contributed by atoms with van der Waals surface area (Å²) in [6.45, 7) is 7.43. The molecule has 21 heavy (non-hydrogen) atoms. The van der Waals surface area contributed by atoms with Gasteiger partial charge < -0.3 is 19.5 Å². The van der Waals surface area contributed by atoms with Gasteiger partial charge in [0.25, 0.3) is 0 Å². The molecule has 0 radical (unpaired) electrons. The number of amides is 1. The Morgan fingerprint density at radius 3 is 2.62 bits per heavy atom. The maximum atomic E-state index is 11.8. The molecule has 5 nitrogen and oxygen atoms in total. The number of rotatable bonds is 9. The summed E-state index contributed by atoms with van der Waals surface area (Å²) >= 11 is 0. The standard InChI is InChI=1S/C16H25NO4/c1-5-20-10-9-16(18)17-12(3)13-7-8-14(21-6-2)15(11-13)19-4/h7-8,11-12H,5-6,9-10H2,1-4H3,(H,17,18)/t12-/m0/s1. The Morgan fingerprint density at radius 2 is 2.00 bits per heavy atom. The molecule has 0 spiro atoms. The predicted octanol–water partition coefficient (Wildman–Crippen LogP) is 2.70. The second kappa shape index (κ2) is 9.23.